The number of rotatable bonds is 5. The molecule has 2 rings (SSSR count). The van der Waals surface area contributed by atoms with Crippen LogP contribution in [0.1, 0.15) is 19.8 Å². The molecule has 1 fully saturated rings. The zero-order valence-corrected chi connectivity index (χ0v) is 12.9. The first-order valence-electron chi connectivity index (χ1n) is 7.35. The number of nitro benzene ring substituents is 1. The number of non-ortho nitro benzene ring substituents is 1. The Morgan fingerprint density at radius 1 is 1.38 bits per heavy atom. The Balaban J connectivity index is 2.17. The molecule has 1 aromatic carbocycles. The van der Waals surface area contributed by atoms with Crippen LogP contribution in [0.4, 0.5) is 11.4 Å². The van der Waals surface area contributed by atoms with Gasteiger partial charge in [-0.1, -0.05) is 0 Å². The van der Waals surface area contributed by atoms with E-state index >= 15 is 0 Å². The molecule has 0 aliphatic carbocycles. The number of nitrogens with zero attached hydrogens (tertiary/aromatic N) is 3. The van der Waals surface area contributed by atoms with Gasteiger partial charge in [0.2, 0.25) is 0 Å². The third-order valence-electron chi connectivity index (χ3n) is 3.99. The normalized spacial score (nSPS) is 16.3. The molecule has 0 unspecified atom stereocenters. The summed E-state index contributed by atoms with van der Waals surface area (Å²) in [7, 11) is 4.22. The van der Waals surface area contributed by atoms with Crippen molar-refractivity contribution in [3.05, 3.63) is 28.3 Å². The van der Waals surface area contributed by atoms with Crippen LogP contribution in [0, 0.1) is 10.1 Å². The lowest BCUT2D eigenvalue weighted by atomic mass is 10.0. The third-order valence-corrected chi connectivity index (χ3v) is 3.99. The summed E-state index contributed by atoms with van der Waals surface area (Å²) in [4.78, 5) is 15.0. The van der Waals surface area contributed by atoms with Gasteiger partial charge in [-0.25, -0.2) is 0 Å². The monoisotopic (exact) mass is 293 g/mol. The zero-order chi connectivity index (χ0) is 15.4. The number of piperidine rings is 1. The van der Waals surface area contributed by atoms with Crippen LogP contribution in [0.25, 0.3) is 0 Å². The number of benzene rings is 1. The van der Waals surface area contributed by atoms with E-state index in [0.717, 1.165) is 31.6 Å². The Labute approximate surface area is 125 Å². The predicted molar refractivity (Wildman–Crippen MR) is 83.2 cm³/mol. The molecule has 0 saturated carbocycles. The fourth-order valence-corrected chi connectivity index (χ4v) is 2.77. The molecule has 1 aliphatic rings. The molecule has 21 heavy (non-hydrogen) atoms. The minimum absolute atomic E-state index is 0.0744. The summed E-state index contributed by atoms with van der Waals surface area (Å²) in [6, 6.07) is 5.49. The Bertz CT molecular complexity index is 497. The molecule has 1 heterocycles. The highest BCUT2D eigenvalue weighted by molar-refractivity contribution is 5.62. The summed E-state index contributed by atoms with van der Waals surface area (Å²) < 4.78 is 5.60. The van der Waals surface area contributed by atoms with Crippen LogP contribution >= 0.6 is 0 Å². The molecule has 116 valence electrons. The second kappa shape index (κ2) is 6.76. The molecule has 1 aliphatic heterocycles. The molecule has 0 N–H and O–H groups in total. The van der Waals surface area contributed by atoms with Gasteiger partial charge in [0, 0.05) is 25.2 Å². The quantitative estimate of drug-likeness (QED) is 0.616. The van der Waals surface area contributed by atoms with Crippen LogP contribution in [0.15, 0.2) is 18.2 Å². The summed E-state index contributed by atoms with van der Waals surface area (Å²) in [6.45, 7) is 4.28. The Morgan fingerprint density at radius 2 is 2.05 bits per heavy atom. The first-order valence-corrected chi connectivity index (χ1v) is 7.35. The molecule has 1 aromatic rings. The molecular weight excluding hydrogens is 270 g/mol. The SMILES string of the molecule is CCOc1cc([N+](=O)[O-])ccc1N1CCC(N(C)C)CC1. The predicted octanol–water partition coefficient (Wildman–Crippen LogP) is 2.52. The summed E-state index contributed by atoms with van der Waals surface area (Å²) in [5.74, 6) is 0.606. The molecule has 0 atom stereocenters. The van der Waals surface area contributed by atoms with E-state index in [2.05, 4.69) is 23.9 Å². The van der Waals surface area contributed by atoms with Crippen molar-refractivity contribution >= 4 is 11.4 Å². The molecule has 6 heteroatoms. The van der Waals surface area contributed by atoms with Gasteiger partial charge in [0.05, 0.1) is 23.3 Å². The lowest BCUT2D eigenvalue weighted by molar-refractivity contribution is -0.384. The molecule has 0 aromatic heterocycles. The van der Waals surface area contributed by atoms with Crippen LogP contribution in [0.2, 0.25) is 0 Å². The number of nitro groups is 1. The van der Waals surface area contributed by atoms with Gasteiger partial charge in [-0.2, -0.15) is 0 Å². The Morgan fingerprint density at radius 3 is 2.57 bits per heavy atom. The van der Waals surface area contributed by atoms with Gasteiger partial charge in [0.15, 0.2) is 0 Å². The van der Waals surface area contributed by atoms with Crippen molar-refractivity contribution in [3.63, 3.8) is 0 Å². The molecule has 0 spiro atoms. The topological polar surface area (TPSA) is 58.9 Å². The maximum Gasteiger partial charge on any atom is 0.273 e. The van der Waals surface area contributed by atoms with E-state index in [0.29, 0.717) is 18.4 Å². The van der Waals surface area contributed by atoms with Crippen LogP contribution in [-0.2, 0) is 0 Å². The van der Waals surface area contributed by atoms with Gasteiger partial charge < -0.3 is 14.5 Å². The molecular formula is C15H23N3O3. The minimum Gasteiger partial charge on any atom is -0.491 e. The molecule has 0 amide bonds. The second-order valence-electron chi connectivity index (χ2n) is 5.52. The fourth-order valence-electron chi connectivity index (χ4n) is 2.77. The van der Waals surface area contributed by atoms with Crippen molar-refractivity contribution < 1.29 is 9.66 Å². The van der Waals surface area contributed by atoms with E-state index in [1.807, 2.05) is 6.92 Å². The number of anilines is 1. The third kappa shape index (κ3) is 3.64. The number of hydrogen-bond acceptors (Lipinski definition) is 5. The van der Waals surface area contributed by atoms with E-state index < -0.39 is 0 Å². The highest BCUT2D eigenvalue weighted by Gasteiger charge is 2.23. The lowest BCUT2D eigenvalue weighted by Gasteiger charge is -2.37. The first-order chi connectivity index (χ1) is 10.0. The molecule has 1 saturated heterocycles. The average Bonchev–Trinajstić information content (AvgIpc) is 2.47. The smallest absolute Gasteiger partial charge is 0.273 e. The van der Waals surface area contributed by atoms with Gasteiger partial charge in [0.1, 0.15) is 5.75 Å². The second-order valence-corrected chi connectivity index (χ2v) is 5.52. The zero-order valence-electron chi connectivity index (χ0n) is 12.9. The van der Waals surface area contributed by atoms with Gasteiger partial charge in [-0.3, -0.25) is 10.1 Å². The van der Waals surface area contributed by atoms with Crippen molar-refractivity contribution in [2.45, 2.75) is 25.8 Å². The first kappa shape index (κ1) is 15.6. The van der Waals surface area contributed by atoms with E-state index in [1.54, 1.807) is 12.1 Å². The van der Waals surface area contributed by atoms with E-state index in [9.17, 15) is 10.1 Å². The van der Waals surface area contributed by atoms with Crippen molar-refractivity contribution in [1.29, 1.82) is 0 Å². The van der Waals surface area contributed by atoms with Crippen LogP contribution in [0.3, 0.4) is 0 Å². The summed E-state index contributed by atoms with van der Waals surface area (Å²) in [5, 5.41) is 10.9. The van der Waals surface area contributed by atoms with E-state index in [1.165, 1.54) is 6.07 Å². The van der Waals surface area contributed by atoms with E-state index in [4.69, 9.17) is 4.74 Å². The van der Waals surface area contributed by atoms with Gasteiger partial charge >= 0.3 is 0 Å². The van der Waals surface area contributed by atoms with Gasteiger partial charge in [-0.05, 0) is 39.9 Å². The van der Waals surface area contributed by atoms with Gasteiger partial charge in [0.25, 0.3) is 5.69 Å². The van der Waals surface area contributed by atoms with Gasteiger partial charge in [-0.15, -0.1) is 0 Å². The highest BCUT2D eigenvalue weighted by Crippen LogP contribution is 2.34. The molecule has 6 nitrogen and oxygen atoms in total. The van der Waals surface area contributed by atoms with Crippen molar-refractivity contribution in [2.24, 2.45) is 0 Å². The number of ether oxygens (including phenoxy) is 1. The van der Waals surface area contributed by atoms with Crippen LogP contribution in [-0.4, -0.2) is 49.7 Å². The summed E-state index contributed by atoms with van der Waals surface area (Å²) in [6.07, 6.45) is 2.19. The number of hydrogen-bond donors (Lipinski definition) is 0. The van der Waals surface area contributed by atoms with Crippen molar-refractivity contribution in [1.82, 2.24) is 4.90 Å². The molecule has 0 bridgehead atoms. The van der Waals surface area contributed by atoms with E-state index in [-0.39, 0.29) is 10.6 Å². The standard InChI is InChI=1S/C15H23N3O3/c1-4-21-15-11-13(18(19)20)5-6-14(15)17-9-7-12(8-10-17)16(2)3/h5-6,11-12H,4,7-10H2,1-3H3. The van der Waals surface area contributed by atoms with Crippen molar-refractivity contribution in [2.75, 3.05) is 38.7 Å². The Hall–Kier alpha value is -1.82. The molecule has 0 radical (unpaired) electrons. The summed E-state index contributed by atoms with van der Waals surface area (Å²) in [5.41, 5.74) is 1.03. The minimum atomic E-state index is -0.384. The maximum absolute atomic E-state index is 10.9. The maximum atomic E-state index is 10.9. The lowest BCUT2D eigenvalue weighted by Crippen LogP contribution is -2.42. The van der Waals surface area contributed by atoms with Crippen LogP contribution in [0.5, 0.6) is 5.75 Å². The Kier molecular flexibility index (Phi) is 5.01. The highest BCUT2D eigenvalue weighted by atomic mass is 16.6. The van der Waals surface area contributed by atoms with Crippen LogP contribution < -0.4 is 9.64 Å². The summed E-state index contributed by atoms with van der Waals surface area (Å²) >= 11 is 0. The largest absolute Gasteiger partial charge is 0.491 e. The fraction of sp³-hybridized carbons (Fsp3) is 0.600. The van der Waals surface area contributed by atoms with Crippen molar-refractivity contribution in [3.8, 4) is 5.75 Å². The average molecular weight is 293 g/mol.